The summed E-state index contributed by atoms with van der Waals surface area (Å²) in [5.74, 6) is 0. The zero-order valence-corrected chi connectivity index (χ0v) is 34.1. The first-order chi connectivity index (χ1) is 30.7. The van der Waals surface area contributed by atoms with Gasteiger partial charge >= 0.3 is 0 Å². The number of nitrogens with zero attached hydrogens (tertiary/aromatic N) is 3. The van der Waals surface area contributed by atoms with Crippen LogP contribution in [0.25, 0.3) is 124 Å². The zero-order valence-electron chi connectivity index (χ0n) is 33.3. The molecule has 0 atom stereocenters. The Morgan fingerprint density at radius 1 is 0.355 bits per heavy atom. The van der Waals surface area contributed by atoms with Crippen LogP contribution in [-0.4, -0.2) is 29.9 Å². The molecule has 7 heteroatoms. The van der Waals surface area contributed by atoms with Gasteiger partial charge in [0.1, 0.15) is 5.01 Å². The molecule has 0 saturated heterocycles. The fraction of sp³-hybridized carbons (Fsp3) is 0. The van der Waals surface area contributed by atoms with E-state index in [0.717, 1.165) is 117 Å². The molecule has 3 N–H and O–H groups in total. The van der Waals surface area contributed by atoms with E-state index in [0.29, 0.717) is 0 Å². The van der Waals surface area contributed by atoms with Crippen LogP contribution in [0, 0.1) is 0 Å². The molecule has 0 fully saturated rings. The van der Waals surface area contributed by atoms with Crippen molar-refractivity contribution in [1.82, 2.24) is 29.9 Å². The molecule has 2 aliphatic rings. The highest BCUT2D eigenvalue weighted by molar-refractivity contribution is 7.13. The number of fused-ring (bicyclic) bond motifs is 9. The van der Waals surface area contributed by atoms with Gasteiger partial charge in [-0.2, -0.15) is 0 Å². The van der Waals surface area contributed by atoms with E-state index in [9.17, 15) is 0 Å². The molecule has 0 aliphatic carbocycles. The third-order valence-corrected chi connectivity index (χ3v) is 12.6. The number of rotatable bonds is 6. The number of thiazole rings is 1. The Labute approximate surface area is 361 Å². The van der Waals surface area contributed by atoms with Crippen LogP contribution in [0.3, 0.4) is 0 Å². The van der Waals surface area contributed by atoms with E-state index in [1.54, 1.807) is 11.3 Å². The van der Waals surface area contributed by atoms with Gasteiger partial charge in [0.15, 0.2) is 0 Å². The van der Waals surface area contributed by atoms with E-state index in [2.05, 4.69) is 209 Å². The molecule has 12 rings (SSSR count). The number of aromatic nitrogens is 6. The number of para-hydroxylation sites is 1. The van der Waals surface area contributed by atoms with Crippen molar-refractivity contribution < 1.29 is 0 Å². The van der Waals surface area contributed by atoms with Crippen LogP contribution in [0.2, 0.25) is 0 Å². The summed E-state index contributed by atoms with van der Waals surface area (Å²) in [6, 6.07) is 57.3. The van der Waals surface area contributed by atoms with E-state index < -0.39 is 0 Å². The Hall–Kier alpha value is -8.13. The maximum Gasteiger partial charge on any atom is 0.124 e. The van der Waals surface area contributed by atoms with Crippen LogP contribution in [-0.2, 0) is 0 Å². The SMILES string of the molecule is C1=Cc2nc1c(-c1ccccc1)c1ccc([nH]1)c(-c1ccccc1)c1nc(c(-c3ccc(-c4nc(-c5c[nH]c6ccccc56)cs4)cc3)c3ccc([nH]3)c2-c2ccccc2)C=C1. The number of aromatic amines is 3. The van der Waals surface area contributed by atoms with Crippen LogP contribution in [0.5, 0.6) is 0 Å². The summed E-state index contributed by atoms with van der Waals surface area (Å²) in [6.45, 7) is 0. The smallest absolute Gasteiger partial charge is 0.124 e. The van der Waals surface area contributed by atoms with E-state index in [1.807, 2.05) is 6.07 Å². The van der Waals surface area contributed by atoms with Gasteiger partial charge in [0, 0.05) is 77.9 Å². The van der Waals surface area contributed by atoms with Crippen molar-refractivity contribution in [2.75, 3.05) is 0 Å². The maximum absolute atomic E-state index is 5.47. The maximum atomic E-state index is 5.47. The summed E-state index contributed by atoms with van der Waals surface area (Å²) >= 11 is 1.66. The summed E-state index contributed by atoms with van der Waals surface area (Å²) in [5.41, 5.74) is 20.0. The summed E-state index contributed by atoms with van der Waals surface area (Å²) in [4.78, 5) is 27.1. The van der Waals surface area contributed by atoms with E-state index in [4.69, 9.17) is 15.0 Å². The number of nitrogens with one attached hydrogen (secondary N) is 3. The molecule has 0 amide bonds. The lowest BCUT2D eigenvalue weighted by atomic mass is 10.0. The lowest BCUT2D eigenvalue weighted by molar-refractivity contribution is 1.31. The first kappa shape index (κ1) is 35.8. The summed E-state index contributed by atoms with van der Waals surface area (Å²) in [6.07, 6.45) is 10.6. The van der Waals surface area contributed by atoms with Crippen LogP contribution in [0.1, 0.15) is 22.8 Å². The minimum Gasteiger partial charge on any atom is -0.360 e. The summed E-state index contributed by atoms with van der Waals surface area (Å²) in [5, 5.41) is 4.29. The van der Waals surface area contributed by atoms with Crippen LogP contribution in [0.15, 0.2) is 175 Å². The number of hydrogen-bond acceptors (Lipinski definition) is 4. The van der Waals surface area contributed by atoms with Crippen molar-refractivity contribution in [2.24, 2.45) is 0 Å². The molecule has 0 saturated carbocycles. The summed E-state index contributed by atoms with van der Waals surface area (Å²) in [7, 11) is 0. The number of benzene rings is 5. The van der Waals surface area contributed by atoms with E-state index in [1.165, 1.54) is 5.39 Å². The summed E-state index contributed by atoms with van der Waals surface area (Å²) < 4.78 is 0. The zero-order chi connectivity index (χ0) is 41.0. The van der Waals surface area contributed by atoms with Gasteiger partial charge in [0.05, 0.1) is 28.5 Å². The Morgan fingerprint density at radius 2 is 0.758 bits per heavy atom. The monoisotopic (exact) mass is 812 g/mol. The Morgan fingerprint density at radius 3 is 1.23 bits per heavy atom. The molecule has 5 aromatic heterocycles. The molecule has 0 spiro atoms. The Bertz CT molecular complexity index is 3520. The minimum absolute atomic E-state index is 0.871. The standard InChI is InChI=1S/C55H36N6S/c1-4-12-34(13-5-1)51-42-24-26-44(57-42)52(35-14-6-2-7-15-35)46-28-30-48(59-46)54(49-31-29-47(60-49)53(36-16-8-3-9-17-36)45-27-25-43(51)58-45)37-20-22-38(23-21-37)55-61-50(33-62-55)40-32-56-41-19-11-10-18-39(40)41/h1-33,56-57,60H. The van der Waals surface area contributed by atoms with E-state index >= 15 is 0 Å². The quantitative estimate of drug-likeness (QED) is 0.156. The molecule has 8 bridgehead atoms. The van der Waals surface area contributed by atoms with Gasteiger partial charge in [-0.25, -0.2) is 15.0 Å². The van der Waals surface area contributed by atoms with Crippen molar-refractivity contribution >= 4 is 68.6 Å². The average molecular weight is 813 g/mol. The van der Waals surface area contributed by atoms with Crippen molar-refractivity contribution in [3.8, 4) is 66.3 Å². The highest BCUT2D eigenvalue weighted by atomic mass is 32.1. The average Bonchev–Trinajstić information content (AvgIpc) is 4.19. The molecule has 292 valence electrons. The highest BCUT2D eigenvalue weighted by Crippen LogP contribution is 2.39. The fourth-order valence-electron chi connectivity index (χ4n) is 8.83. The second kappa shape index (κ2) is 14.9. The van der Waals surface area contributed by atoms with Gasteiger partial charge in [-0.05, 0) is 76.9 Å². The van der Waals surface area contributed by atoms with Crippen molar-refractivity contribution in [3.63, 3.8) is 0 Å². The molecular weight excluding hydrogens is 777 g/mol. The topological polar surface area (TPSA) is 86.0 Å². The van der Waals surface area contributed by atoms with Crippen molar-refractivity contribution in [2.45, 2.75) is 0 Å². The van der Waals surface area contributed by atoms with Crippen LogP contribution >= 0.6 is 11.3 Å². The van der Waals surface area contributed by atoms with Crippen LogP contribution in [0.4, 0.5) is 0 Å². The molecule has 5 aromatic carbocycles. The van der Waals surface area contributed by atoms with Crippen LogP contribution < -0.4 is 0 Å². The lowest BCUT2D eigenvalue weighted by Gasteiger charge is -2.07. The minimum atomic E-state index is 0.871. The fourth-order valence-corrected chi connectivity index (χ4v) is 9.65. The van der Waals surface area contributed by atoms with Gasteiger partial charge < -0.3 is 15.0 Å². The third kappa shape index (κ3) is 6.22. The molecular formula is C55H36N6S. The highest BCUT2D eigenvalue weighted by Gasteiger charge is 2.19. The normalized spacial score (nSPS) is 12.1. The number of hydrogen-bond donors (Lipinski definition) is 3. The molecule has 62 heavy (non-hydrogen) atoms. The molecule has 2 aliphatic heterocycles. The van der Waals surface area contributed by atoms with Gasteiger partial charge in [-0.3, -0.25) is 0 Å². The molecule has 6 nitrogen and oxygen atoms in total. The Kier molecular flexibility index (Phi) is 8.57. The molecule has 7 heterocycles. The molecule has 0 radical (unpaired) electrons. The first-order valence-corrected chi connectivity index (χ1v) is 21.6. The predicted molar refractivity (Wildman–Crippen MR) is 259 cm³/mol. The largest absolute Gasteiger partial charge is 0.360 e. The lowest BCUT2D eigenvalue weighted by Crippen LogP contribution is -1.89. The van der Waals surface area contributed by atoms with Crippen molar-refractivity contribution in [3.05, 3.63) is 198 Å². The second-order valence-electron chi connectivity index (χ2n) is 15.5. The third-order valence-electron chi connectivity index (χ3n) is 11.7. The van der Waals surface area contributed by atoms with Gasteiger partial charge in [0.25, 0.3) is 0 Å². The van der Waals surface area contributed by atoms with E-state index in [-0.39, 0.29) is 0 Å². The van der Waals surface area contributed by atoms with Gasteiger partial charge in [-0.1, -0.05) is 133 Å². The Balaban J connectivity index is 1.11. The molecule has 10 aromatic rings. The van der Waals surface area contributed by atoms with Gasteiger partial charge in [-0.15, -0.1) is 11.3 Å². The molecule has 0 unspecified atom stereocenters. The predicted octanol–water partition coefficient (Wildman–Crippen LogP) is 14.6. The van der Waals surface area contributed by atoms with Crippen molar-refractivity contribution in [1.29, 1.82) is 0 Å². The second-order valence-corrected chi connectivity index (χ2v) is 16.3. The van der Waals surface area contributed by atoms with Gasteiger partial charge in [0.2, 0.25) is 0 Å². The first-order valence-electron chi connectivity index (χ1n) is 20.7. The number of H-pyrrole nitrogens is 3.